The van der Waals surface area contributed by atoms with Crippen LogP contribution in [0, 0.1) is 0 Å². The Morgan fingerprint density at radius 2 is 2.20 bits per heavy atom. The lowest BCUT2D eigenvalue weighted by Crippen LogP contribution is -2.13. The summed E-state index contributed by atoms with van der Waals surface area (Å²) in [6, 6.07) is 7.44. The minimum absolute atomic E-state index is 0.190. The van der Waals surface area contributed by atoms with Crippen LogP contribution in [0.1, 0.15) is 31.9 Å². The third-order valence-corrected chi connectivity index (χ3v) is 2.38. The first kappa shape index (κ1) is 12.0. The predicted octanol–water partition coefficient (Wildman–Crippen LogP) is 1.86. The highest BCUT2D eigenvalue weighted by molar-refractivity contribution is 5.30. The molecule has 0 aliphatic carbocycles. The Labute approximate surface area is 90.9 Å². The molecular formula is C12H19NO2. The van der Waals surface area contributed by atoms with Gasteiger partial charge in [-0.2, -0.15) is 0 Å². The SMILES string of the molecule is CC[C@H](C)Oc1cccc([C@H](O)CN)c1. The van der Waals surface area contributed by atoms with E-state index in [2.05, 4.69) is 6.92 Å². The van der Waals surface area contributed by atoms with Crippen molar-refractivity contribution in [2.45, 2.75) is 32.5 Å². The lowest BCUT2D eigenvalue weighted by atomic mass is 10.1. The highest BCUT2D eigenvalue weighted by Gasteiger charge is 2.07. The van der Waals surface area contributed by atoms with Gasteiger partial charge in [-0.25, -0.2) is 0 Å². The van der Waals surface area contributed by atoms with Crippen molar-refractivity contribution in [3.63, 3.8) is 0 Å². The second-order valence-corrected chi connectivity index (χ2v) is 3.66. The van der Waals surface area contributed by atoms with E-state index in [0.717, 1.165) is 17.7 Å². The normalized spacial score (nSPS) is 14.7. The summed E-state index contributed by atoms with van der Waals surface area (Å²) in [5.41, 5.74) is 6.19. The van der Waals surface area contributed by atoms with Gasteiger partial charge in [0.1, 0.15) is 5.75 Å². The number of rotatable bonds is 5. The predicted molar refractivity (Wildman–Crippen MR) is 60.8 cm³/mol. The van der Waals surface area contributed by atoms with Crippen molar-refractivity contribution in [2.24, 2.45) is 5.73 Å². The molecule has 0 aliphatic rings. The maximum Gasteiger partial charge on any atom is 0.120 e. The van der Waals surface area contributed by atoms with Crippen molar-refractivity contribution in [3.05, 3.63) is 29.8 Å². The minimum Gasteiger partial charge on any atom is -0.491 e. The van der Waals surface area contributed by atoms with Crippen LogP contribution in [-0.2, 0) is 0 Å². The molecule has 0 radical (unpaired) electrons. The Hall–Kier alpha value is -1.06. The molecule has 0 fully saturated rings. The molecule has 0 aromatic heterocycles. The molecule has 2 atom stereocenters. The maximum atomic E-state index is 9.56. The Morgan fingerprint density at radius 3 is 2.80 bits per heavy atom. The van der Waals surface area contributed by atoms with Gasteiger partial charge in [-0.05, 0) is 31.0 Å². The molecule has 1 aromatic rings. The summed E-state index contributed by atoms with van der Waals surface area (Å²) in [6.45, 7) is 4.32. The maximum absolute atomic E-state index is 9.56. The summed E-state index contributed by atoms with van der Waals surface area (Å²) in [5, 5.41) is 9.56. The minimum atomic E-state index is -0.606. The first-order valence-corrected chi connectivity index (χ1v) is 5.32. The zero-order valence-corrected chi connectivity index (χ0v) is 9.31. The number of ether oxygens (including phenoxy) is 1. The second kappa shape index (κ2) is 5.73. The Kier molecular flexibility index (Phi) is 4.59. The van der Waals surface area contributed by atoms with Gasteiger partial charge in [-0.1, -0.05) is 19.1 Å². The molecule has 0 saturated heterocycles. The molecule has 3 nitrogen and oxygen atoms in total. The zero-order chi connectivity index (χ0) is 11.3. The van der Waals surface area contributed by atoms with Gasteiger partial charge in [0.05, 0.1) is 12.2 Å². The molecule has 1 aromatic carbocycles. The van der Waals surface area contributed by atoms with Crippen molar-refractivity contribution < 1.29 is 9.84 Å². The van der Waals surface area contributed by atoms with Crippen LogP contribution in [0.2, 0.25) is 0 Å². The highest BCUT2D eigenvalue weighted by atomic mass is 16.5. The standard InChI is InChI=1S/C12H19NO2/c1-3-9(2)15-11-6-4-5-10(7-11)12(14)8-13/h4-7,9,12,14H,3,8,13H2,1-2H3/t9-,12+/m0/s1. The molecule has 0 amide bonds. The van der Waals surface area contributed by atoms with Crippen LogP contribution in [0.4, 0.5) is 0 Å². The number of nitrogens with two attached hydrogens (primary N) is 1. The monoisotopic (exact) mass is 209 g/mol. The number of aliphatic hydroxyl groups is 1. The van der Waals surface area contributed by atoms with E-state index in [9.17, 15) is 5.11 Å². The Bertz CT molecular complexity index is 301. The fourth-order valence-corrected chi connectivity index (χ4v) is 1.25. The van der Waals surface area contributed by atoms with Gasteiger partial charge in [0.25, 0.3) is 0 Å². The molecule has 0 spiro atoms. The van der Waals surface area contributed by atoms with E-state index in [4.69, 9.17) is 10.5 Å². The van der Waals surface area contributed by atoms with E-state index < -0.39 is 6.10 Å². The van der Waals surface area contributed by atoms with Gasteiger partial charge < -0.3 is 15.6 Å². The van der Waals surface area contributed by atoms with Crippen molar-refractivity contribution in [3.8, 4) is 5.75 Å². The molecule has 0 bridgehead atoms. The Balaban J connectivity index is 2.74. The van der Waals surface area contributed by atoms with E-state index in [1.165, 1.54) is 0 Å². The summed E-state index contributed by atoms with van der Waals surface area (Å²) in [7, 11) is 0. The summed E-state index contributed by atoms with van der Waals surface area (Å²) in [5.74, 6) is 0.786. The average molecular weight is 209 g/mol. The smallest absolute Gasteiger partial charge is 0.120 e. The summed E-state index contributed by atoms with van der Waals surface area (Å²) in [4.78, 5) is 0. The fraction of sp³-hybridized carbons (Fsp3) is 0.500. The van der Waals surface area contributed by atoms with Gasteiger partial charge >= 0.3 is 0 Å². The van der Waals surface area contributed by atoms with Crippen molar-refractivity contribution in [2.75, 3.05) is 6.54 Å². The summed E-state index contributed by atoms with van der Waals surface area (Å²) in [6.07, 6.45) is 0.546. The molecule has 0 aliphatic heterocycles. The number of hydrogen-bond acceptors (Lipinski definition) is 3. The molecule has 84 valence electrons. The molecule has 0 saturated carbocycles. The molecule has 3 heteroatoms. The highest BCUT2D eigenvalue weighted by Crippen LogP contribution is 2.19. The number of aliphatic hydroxyl groups excluding tert-OH is 1. The van der Waals surface area contributed by atoms with Gasteiger partial charge in [0.2, 0.25) is 0 Å². The summed E-state index contributed by atoms with van der Waals surface area (Å²) < 4.78 is 5.65. The third-order valence-electron chi connectivity index (χ3n) is 2.38. The third kappa shape index (κ3) is 3.53. The zero-order valence-electron chi connectivity index (χ0n) is 9.31. The van der Waals surface area contributed by atoms with Gasteiger partial charge in [-0.15, -0.1) is 0 Å². The van der Waals surface area contributed by atoms with Crippen LogP contribution in [-0.4, -0.2) is 17.8 Å². The van der Waals surface area contributed by atoms with Crippen LogP contribution < -0.4 is 10.5 Å². The van der Waals surface area contributed by atoms with E-state index in [1.54, 1.807) is 0 Å². The first-order chi connectivity index (χ1) is 7.17. The fourth-order valence-electron chi connectivity index (χ4n) is 1.25. The van der Waals surface area contributed by atoms with Crippen molar-refractivity contribution in [1.29, 1.82) is 0 Å². The van der Waals surface area contributed by atoms with Crippen molar-refractivity contribution >= 4 is 0 Å². The quantitative estimate of drug-likeness (QED) is 0.778. The molecule has 15 heavy (non-hydrogen) atoms. The molecular weight excluding hydrogens is 190 g/mol. The second-order valence-electron chi connectivity index (χ2n) is 3.66. The van der Waals surface area contributed by atoms with E-state index >= 15 is 0 Å². The lowest BCUT2D eigenvalue weighted by Gasteiger charge is -2.14. The van der Waals surface area contributed by atoms with Crippen molar-refractivity contribution in [1.82, 2.24) is 0 Å². The Morgan fingerprint density at radius 1 is 1.47 bits per heavy atom. The summed E-state index contributed by atoms with van der Waals surface area (Å²) >= 11 is 0. The van der Waals surface area contributed by atoms with Gasteiger partial charge in [0, 0.05) is 6.54 Å². The molecule has 0 unspecified atom stereocenters. The van der Waals surface area contributed by atoms with E-state index in [-0.39, 0.29) is 12.6 Å². The van der Waals surface area contributed by atoms with Crippen LogP contribution in [0.5, 0.6) is 5.75 Å². The topological polar surface area (TPSA) is 55.5 Å². The van der Waals surface area contributed by atoms with E-state index in [1.807, 2.05) is 31.2 Å². The molecule has 3 N–H and O–H groups in total. The number of hydrogen-bond donors (Lipinski definition) is 2. The number of benzene rings is 1. The van der Waals surface area contributed by atoms with Gasteiger partial charge in [-0.3, -0.25) is 0 Å². The van der Waals surface area contributed by atoms with Crippen LogP contribution in [0.25, 0.3) is 0 Å². The average Bonchev–Trinajstić information content (AvgIpc) is 2.28. The first-order valence-electron chi connectivity index (χ1n) is 5.32. The lowest BCUT2D eigenvalue weighted by molar-refractivity contribution is 0.184. The van der Waals surface area contributed by atoms with Crippen LogP contribution in [0.3, 0.4) is 0 Å². The largest absolute Gasteiger partial charge is 0.491 e. The van der Waals surface area contributed by atoms with Gasteiger partial charge in [0.15, 0.2) is 0 Å². The molecule has 1 rings (SSSR count). The molecule has 0 heterocycles. The van der Waals surface area contributed by atoms with Crippen LogP contribution in [0.15, 0.2) is 24.3 Å². The van der Waals surface area contributed by atoms with E-state index in [0.29, 0.717) is 0 Å². The van der Waals surface area contributed by atoms with Crippen LogP contribution >= 0.6 is 0 Å².